The van der Waals surface area contributed by atoms with Crippen molar-refractivity contribution < 1.29 is 19.1 Å². The molecule has 1 aliphatic rings. The Morgan fingerprint density at radius 2 is 1.97 bits per heavy atom. The summed E-state index contributed by atoms with van der Waals surface area (Å²) in [6.07, 6.45) is 3.49. The number of urea groups is 1. The SMILES string of the molecule is CCCCCOC(=O)CCNC(=O)N[C@H]1CCN(c2ccc(C(=N)N)cc2)C1=O.Cl. The molecule has 0 radical (unpaired) electrons. The van der Waals surface area contributed by atoms with Gasteiger partial charge in [0.2, 0.25) is 5.91 Å². The van der Waals surface area contributed by atoms with E-state index < -0.39 is 12.1 Å². The molecule has 10 heteroatoms. The molecule has 0 aromatic heterocycles. The number of carbonyl (C=O) groups excluding carboxylic acids is 3. The molecule has 9 nitrogen and oxygen atoms in total. The van der Waals surface area contributed by atoms with E-state index in [0.29, 0.717) is 30.8 Å². The summed E-state index contributed by atoms with van der Waals surface area (Å²) in [6, 6.07) is 5.70. The van der Waals surface area contributed by atoms with E-state index in [9.17, 15) is 14.4 Å². The molecule has 0 spiro atoms. The van der Waals surface area contributed by atoms with Gasteiger partial charge in [-0.3, -0.25) is 15.0 Å². The Kier molecular flexibility index (Phi) is 10.7. The Morgan fingerprint density at radius 3 is 2.60 bits per heavy atom. The quantitative estimate of drug-likeness (QED) is 0.191. The second kappa shape index (κ2) is 12.7. The van der Waals surface area contributed by atoms with Crippen LogP contribution in [0, 0.1) is 5.41 Å². The number of amides is 3. The number of amidine groups is 1. The van der Waals surface area contributed by atoms with Crippen LogP contribution < -0.4 is 21.3 Å². The van der Waals surface area contributed by atoms with Crippen LogP contribution in [0.3, 0.4) is 0 Å². The molecule has 0 bridgehead atoms. The molecule has 1 aromatic carbocycles. The maximum absolute atomic E-state index is 12.6. The second-order valence-electron chi connectivity index (χ2n) is 6.87. The zero-order valence-corrected chi connectivity index (χ0v) is 17.9. The first-order valence-electron chi connectivity index (χ1n) is 9.88. The van der Waals surface area contributed by atoms with Gasteiger partial charge in [0, 0.05) is 24.3 Å². The molecule has 1 heterocycles. The minimum absolute atomic E-state index is 0. The highest BCUT2D eigenvalue weighted by Crippen LogP contribution is 2.22. The van der Waals surface area contributed by atoms with Crippen molar-refractivity contribution in [2.24, 2.45) is 5.73 Å². The zero-order valence-electron chi connectivity index (χ0n) is 17.1. The normalized spacial score (nSPS) is 15.3. The van der Waals surface area contributed by atoms with E-state index in [4.69, 9.17) is 15.9 Å². The summed E-state index contributed by atoms with van der Waals surface area (Å²) < 4.78 is 5.07. The predicted molar refractivity (Wildman–Crippen MR) is 117 cm³/mol. The number of nitrogens with two attached hydrogens (primary N) is 1. The van der Waals surface area contributed by atoms with Gasteiger partial charge >= 0.3 is 12.0 Å². The molecule has 1 atom stereocenters. The van der Waals surface area contributed by atoms with Crippen LogP contribution in [-0.4, -0.2) is 49.5 Å². The van der Waals surface area contributed by atoms with Gasteiger partial charge in [-0.25, -0.2) is 4.79 Å². The van der Waals surface area contributed by atoms with Gasteiger partial charge in [0.15, 0.2) is 0 Å². The Bertz CT molecular complexity index is 741. The first kappa shape index (κ1) is 25.2. The van der Waals surface area contributed by atoms with Gasteiger partial charge in [-0.15, -0.1) is 12.4 Å². The molecule has 1 aliphatic heterocycles. The molecule has 1 aromatic rings. The van der Waals surface area contributed by atoms with Gasteiger partial charge in [-0.2, -0.15) is 0 Å². The number of halogens is 1. The summed E-state index contributed by atoms with van der Waals surface area (Å²) in [7, 11) is 0. The third kappa shape index (κ3) is 7.55. The lowest BCUT2D eigenvalue weighted by atomic mass is 10.2. The molecule has 30 heavy (non-hydrogen) atoms. The molecular weight excluding hydrogens is 410 g/mol. The number of unbranched alkanes of at least 4 members (excludes halogenated alkanes) is 2. The molecule has 0 unspecified atom stereocenters. The number of esters is 1. The van der Waals surface area contributed by atoms with Gasteiger partial charge in [0.1, 0.15) is 11.9 Å². The highest BCUT2D eigenvalue weighted by molar-refractivity contribution is 6.02. The highest BCUT2D eigenvalue weighted by atomic mass is 35.5. The first-order valence-corrected chi connectivity index (χ1v) is 9.88. The number of ether oxygens (including phenoxy) is 1. The predicted octanol–water partition coefficient (Wildman–Crippen LogP) is 1.92. The zero-order chi connectivity index (χ0) is 21.2. The van der Waals surface area contributed by atoms with E-state index >= 15 is 0 Å². The lowest BCUT2D eigenvalue weighted by Crippen LogP contribution is -2.46. The number of hydrogen-bond acceptors (Lipinski definition) is 5. The second-order valence-corrected chi connectivity index (χ2v) is 6.87. The molecule has 166 valence electrons. The van der Waals surface area contributed by atoms with Crippen molar-refractivity contribution >= 4 is 41.8 Å². The van der Waals surface area contributed by atoms with E-state index in [1.807, 2.05) is 0 Å². The number of hydrogen-bond donors (Lipinski definition) is 4. The van der Waals surface area contributed by atoms with Crippen LogP contribution in [0.15, 0.2) is 24.3 Å². The van der Waals surface area contributed by atoms with Crippen LogP contribution in [0.25, 0.3) is 0 Å². The molecule has 0 aliphatic carbocycles. The number of carbonyl (C=O) groups is 3. The third-order valence-electron chi connectivity index (χ3n) is 4.63. The summed E-state index contributed by atoms with van der Waals surface area (Å²) >= 11 is 0. The lowest BCUT2D eigenvalue weighted by Gasteiger charge is -2.18. The Labute approximate surface area is 182 Å². The fourth-order valence-corrected chi connectivity index (χ4v) is 2.99. The Morgan fingerprint density at radius 1 is 1.27 bits per heavy atom. The van der Waals surface area contributed by atoms with E-state index in [-0.39, 0.29) is 43.1 Å². The van der Waals surface area contributed by atoms with Crippen LogP contribution >= 0.6 is 12.4 Å². The average Bonchev–Trinajstić information content (AvgIpc) is 3.05. The molecule has 1 saturated heterocycles. The fourth-order valence-electron chi connectivity index (χ4n) is 2.99. The van der Waals surface area contributed by atoms with Crippen molar-refractivity contribution in [3.63, 3.8) is 0 Å². The number of nitrogen functional groups attached to an aromatic ring is 1. The molecule has 1 fully saturated rings. The van der Waals surface area contributed by atoms with Crippen molar-refractivity contribution in [1.82, 2.24) is 10.6 Å². The molecular formula is C20H30ClN5O4. The summed E-state index contributed by atoms with van der Waals surface area (Å²) in [4.78, 5) is 37.7. The Balaban J connectivity index is 0.00000450. The van der Waals surface area contributed by atoms with Crippen molar-refractivity contribution in [1.29, 1.82) is 5.41 Å². The van der Waals surface area contributed by atoms with Gasteiger partial charge in [-0.1, -0.05) is 19.8 Å². The van der Waals surface area contributed by atoms with Crippen LogP contribution in [-0.2, 0) is 14.3 Å². The van der Waals surface area contributed by atoms with Gasteiger partial charge in [0.25, 0.3) is 0 Å². The summed E-state index contributed by atoms with van der Waals surface area (Å²) in [5, 5.41) is 12.6. The molecule has 2 rings (SSSR count). The largest absolute Gasteiger partial charge is 0.466 e. The maximum atomic E-state index is 12.6. The van der Waals surface area contributed by atoms with Gasteiger partial charge in [-0.05, 0) is 37.1 Å². The number of nitrogens with one attached hydrogen (secondary N) is 3. The highest BCUT2D eigenvalue weighted by Gasteiger charge is 2.33. The average molecular weight is 440 g/mol. The van der Waals surface area contributed by atoms with E-state index in [1.54, 1.807) is 29.2 Å². The molecule has 5 N–H and O–H groups in total. The number of rotatable bonds is 10. The standard InChI is InChI=1S/C20H29N5O4.ClH/c1-2-3-4-13-29-17(26)9-11-23-20(28)24-16-10-12-25(19(16)27)15-7-5-14(6-8-15)18(21)22;/h5-8,16H,2-4,9-13H2,1H3,(H3,21,22)(H2,23,24,28);1H/t16-;/m0./s1. The number of nitrogens with zero attached hydrogens (tertiary/aromatic N) is 1. The maximum Gasteiger partial charge on any atom is 0.315 e. The number of anilines is 1. The van der Waals surface area contributed by atoms with E-state index in [0.717, 1.165) is 19.3 Å². The fraction of sp³-hybridized carbons (Fsp3) is 0.500. The van der Waals surface area contributed by atoms with Crippen molar-refractivity contribution in [2.75, 3.05) is 24.6 Å². The van der Waals surface area contributed by atoms with Crippen LogP contribution in [0.1, 0.15) is 44.6 Å². The number of benzene rings is 1. The smallest absolute Gasteiger partial charge is 0.315 e. The summed E-state index contributed by atoms with van der Waals surface area (Å²) in [5.74, 6) is -0.588. The minimum atomic E-state index is -0.622. The minimum Gasteiger partial charge on any atom is -0.466 e. The summed E-state index contributed by atoms with van der Waals surface area (Å²) in [6.45, 7) is 3.10. The van der Waals surface area contributed by atoms with Crippen LogP contribution in [0.4, 0.5) is 10.5 Å². The van der Waals surface area contributed by atoms with E-state index in [2.05, 4.69) is 17.6 Å². The first-order chi connectivity index (χ1) is 13.9. The van der Waals surface area contributed by atoms with Crippen molar-refractivity contribution in [3.05, 3.63) is 29.8 Å². The van der Waals surface area contributed by atoms with Crippen LogP contribution in [0.5, 0.6) is 0 Å². The van der Waals surface area contributed by atoms with Crippen molar-refractivity contribution in [2.45, 2.75) is 45.1 Å². The molecule has 0 saturated carbocycles. The molecule has 3 amide bonds. The third-order valence-corrected chi connectivity index (χ3v) is 4.63. The van der Waals surface area contributed by atoms with E-state index in [1.165, 1.54) is 0 Å². The van der Waals surface area contributed by atoms with Crippen LogP contribution in [0.2, 0.25) is 0 Å². The van der Waals surface area contributed by atoms with Crippen molar-refractivity contribution in [3.8, 4) is 0 Å². The van der Waals surface area contributed by atoms with Gasteiger partial charge in [0.05, 0.1) is 13.0 Å². The van der Waals surface area contributed by atoms with Gasteiger partial charge < -0.3 is 26.0 Å². The monoisotopic (exact) mass is 439 g/mol. The summed E-state index contributed by atoms with van der Waals surface area (Å²) in [5.41, 5.74) is 6.71. The Hall–Kier alpha value is -2.81. The topological polar surface area (TPSA) is 138 Å². The lowest BCUT2D eigenvalue weighted by molar-refractivity contribution is -0.143.